The van der Waals surface area contributed by atoms with Crippen LogP contribution in [0.4, 0.5) is 5.69 Å². The average Bonchev–Trinajstić information content (AvgIpc) is 3.38. The van der Waals surface area contributed by atoms with Gasteiger partial charge in [0.1, 0.15) is 24.0 Å². The third-order valence-corrected chi connectivity index (χ3v) is 8.34. The number of hydrogen-bond donors (Lipinski definition) is 4. The number of anilines is 1. The molecule has 232 valence electrons. The van der Waals surface area contributed by atoms with Gasteiger partial charge in [-0.15, -0.1) is 0 Å². The lowest BCUT2D eigenvalue weighted by molar-refractivity contribution is -0.138. The van der Waals surface area contributed by atoms with Crippen molar-refractivity contribution in [2.45, 2.75) is 83.3 Å². The molecule has 0 aliphatic heterocycles. The van der Waals surface area contributed by atoms with Crippen molar-refractivity contribution in [2.24, 2.45) is 18.9 Å². The summed E-state index contributed by atoms with van der Waals surface area (Å²) in [6.45, 7) is 3.96. The zero-order valence-electron chi connectivity index (χ0n) is 25.0. The zero-order valence-corrected chi connectivity index (χ0v) is 25.0. The predicted octanol–water partition coefficient (Wildman–Crippen LogP) is 1.28. The van der Waals surface area contributed by atoms with Crippen LogP contribution < -0.4 is 26.8 Å². The van der Waals surface area contributed by atoms with Crippen molar-refractivity contribution >= 4 is 35.1 Å². The summed E-state index contributed by atoms with van der Waals surface area (Å²) in [5, 5.41) is 10.7. The smallest absolute Gasteiger partial charge is 0.287 e. The fourth-order valence-corrected chi connectivity index (χ4v) is 6.55. The Kier molecular flexibility index (Phi) is 10.1. The molecule has 4 rings (SSSR count). The van der Waals surface area contributed by atoms with Gasteiger partial charge in [-0.05, 0) is 63.0 Å². The van der Waals surface area contributed by atoms with E-state index in [1.807, 2.05) is 0 Å². The molecule has 0 spiro atoms. The average molecular weight is 596 g/mol. The number of ketones is 1. The Morgan fingerprint density at radius 3 is 2.70 bits per heavy atom. The van der Waals surface area contributed by atoms with E-state index in [1.165, 1.54) is 46.8 Å². The van der Waals surface area contributed by atoms with Crippen LogP contribution in [-0.2, 0) is 32.8 Å². The number of aromatic nitrogens is 3. The second kappa shape index (κ2) is 13.8. The summed E-state index contributed by atoms with van der Waals surface area (Å²) in [4.78, 5) is 80.6. The summed E-state index contributed by atoms with van der Waals surface area (Å²) in [5.41, 5.74) is -0.732. The minimum absolute atomic E-state index is 0.0858. The number of amides is 4. The molecule has 2 saturated carbocycles. The van der Waals surface area contributed by atoms with Crippen LogP contribution >= 0.6 is 0 Å². The lowest BCUT2D eigenvalue weighted by atomic mass is 9.64. The number of fused-ring (bicyclic) bond motifs is 2. The van der Waals surface area contributed by atoms with Gasteiger partial charge in [0.15, 0.2) is 0 Å². The Morgan fingerprint density at radius 1 is 1.19 bits per heavy atom. The largest absolute Gasteiger partial charge is 0.350 e. The Balaban J connectivity index is 1.45. The van der Waals surface area contributed by atoms with E-state index in [-0.39, 0.29) is 48.8 Å². The van der Waals surface area contributed by atoms with Crippen molar-refractivity contribution in [3.63, 3.8) is 0 Å². The Bertz CT molecular complexity index is 1430. The maximum atomic E-state index is 13.3. The van der Waals surface area contributed by atoms with Crippen molar-refractivity contribution in [1.29, 1.82) is 0 Å². The molecule has 4 amide bonds. The molecule has 13 nitrogen and oxygen atoms in total. The van der Waals surface area contributed by atoms with Gasteiger partial charge < -0.3 is 30.4 Å². The number of Topliss-reactive ketones (excluding diaryl/α,β-unsaturated/α-hetero) is 1. The second-order valence-corrected chi connectivity index (χ2v) is 11.9. The van der Waals surface area contributed by atoms with Gasteiger partial charge in [-0.2, -0.15) is 0 Å². The van der Waals surface area contributed by atoms with Gasteiger partial charge in [0.2, 0.25) is 17.6 Å². The highest BCUT2D eigenvalue weighted by molar-refractivity contribution is 6.36. The van der Waals surface area contributed by atoms with E-state index in [0.717, 1.165) is 25.7 Å². The molecule has 4 N–H and O–H groups in total. The van der Waals surface area contributed by atoms with E-state index in [4.69, 9.17) is 0 Å². The highest BCUT2D eigenvalue weighted by Crippen LogP contribution is 2.45. The van der Waals surface area contributed by atoms with Gasteiger partial charge in [0.05, 0.1) is 12.5 Å². The standard InChI is InChI=1S/C30H41N7O6/c1-4-32-28(42)24(38)10-9-21(33-27(41)23-16-31-18-36(23)3)26(40)34-22-8-6-12-37(29(22)43)17-25(39)35-30-11-5-7-20(15-30)13-19(2)14-30/h6,8,12,16,18-21H,4-5,7,9-11,13-15,17H2,1-3H3,(H,32,42)(H,33,41)(H,34,40)(H,35,39). The van der Waals surface area contributed by atoms with Gasteiger partial charge in [0, 0.05) is 31.7 Å². The van der Waals surface area contributed by atoms with Crippen LogP contribution in [-0.4, -0.2) is 61.7 Å². The van der Waals surface area contributed by atoms with Crippen molar-refractivity contribution in [1.82, 2.24) is 30.1 Å². The fourth-order valence-electron chi connectivity index (χ4n) is 6.55. The Morgan fingerprint density at radius 2 is 1.98 bits per heavy atom. The summed E-state index contributed by atoms with van der Waals surface area (Å²) in [7, 11) is 1.61. The number of hydrogen-bond acceptors (Lipinski definition) is 7. The highest BCUT2D eigenvalue weighted by Gasteiger charge is 2.42. The van der Waals surface area contributed by atoms with E-state index < -0.39 is 35.1 Å². The summed E-state index contributed by atoms with van der Waals surface area (Å²) < 4.78 is 2.70. The third kappa shape index (κ3) is 7.96. The number of pyridine rings is 1. The fraction of sp³-hybridized carbons (Fsp3) is 0.567. The number of carbonyl (C=O) groups excluding carboxylic acids is 5. The summed E-state index contributed by atoms with van der Waals surface area (Å²) >= 11 is 0. The molecule has 2 aliphatic carbocycles. The summed E-state index contributed by atoms with van der Waals surface area (Å²) in [6, 6.07) is 1.70. The molecule has 2 aromatic heterocycles. The number of nitrogens with one attached hydrogen (secondary N) is 4. The molecule has 0 saturated heterocycles. The number of rotatable bonds is 12. The lowest BCUT2D eigenvalue weighted by Gasteiger charge is -2.48. The van der Waals surface area contributed by atoms with Crippen LogP contribution in [0.1, 0.15) is 75.7 Å². The van der Waals surface area contributed by atoms with Gasteiger partial charge >= 0.3 is 0 Å². The van der Waals surface area contributed by atoms with Gasteiger partial charge in [-0.1, -0.05) is 19.8 Å². The number of imidazole rings is 1. The predicted molar refractivity (Wildman–Crippen MR) is 158 cm³/mol. The number of likely N-dealkylation sites (N-methyl/N-ethyl adjacent to an activating group) is 1. The first-order valence-corrected chi connectivity index (χ1v) is 14.9. The van der Waals surface area contributed by atoms with Crippen LogP contribution in [0.2, 0.25) is 0 Å². The molecular weight excluding hydrogens is 554 g/mol. The van der Waals surface area contributed by atoms with Crippen molar-refractivity contribution in [3.05, 3.63) is 46.9 Å². The maximum Gasteiger partial charge on any atom is 0.287 e. The molecule has 2 fully saturated rings. The molecule has 4 unspecified atom stereocenters. The van der Waals surface area contributed by atoms with Gasteiger partial charge in [-0.25, -0.2) is 4.98 Å². The molecule has 43 heavy (non-hydrogen) atoms. The topological polar surface area (TPSA) is 173 Å². The highest BCUT2D eigenvalue weighted by atomic mass is 16.2. The van der Waals surface area contributed by atoms with Crippen molar-refractivity contribution < 1.29 is 24.0 Å². The van der Waals surface area contributed by atoms with E-state index in [1.54, 1.807) is 20.0 Å². The molecule has 2 heterocycles. The van der Waals surface area contributed by atoms with Crippen LogP contribution in [0.3, 0.4) is 0 Å². The van der Waals surface area contributed by atoms with Crippen LogP contribution in [0.5, 0.6) is 0 Å². The molecule has 2 bridgehead atoms. The van der Waals surface area contributed by atoms with Crippen LogP contribution in [0.25, 0.3) is 0 Å². The van der Waals surface area contributed by atoms with Crippen LogP contribution in [0, 0.1) is 11.8 Å². The second-order valence-electron chi connectivity index (χ2n) is 11.9. The van der Waals surface area contributed by atoms with Crippen molar-refractivity contribution in [3.8, 4) is 0 Å². The molecular formula is C30H41N7O6. The first-order chi connectivity index (χ1) is 20.5. The molecule has 0 aromatic carbocycles. The number of nitrogens with zero attached hydrogens (tertiary/aromatic N) is 3. The third-order valence-electron chi connectivity index (χ3n) is 8.34. The summed E-state index contributed by atoms with van der Waals surface area (Å²) in [6.07, 6.45) is 10.00. The number of carbonyl (C=O) groups is 5. The summed E-state index contributed by atoms with van der Waals surface area (Å²) in [5.74, 6) is -2.00. The Labute approximate surface area is 250 Å². The molecule has 2 aromatic rings. The normalized spacial score (nSPS) is 21.7. The van der Waals surface area contributed by atoms with Crippen LogP contribution in [0.15, 0.2) is 35.6 Å². The molecule has 2 aliphatic rings. The molecule has 13 heteroatoms. The Hall–Kier alpha value is -4.29. The first-order valence-electron chi connectivity index (χ1n) is 14.9. The monoisotopic (exact) mass is 595 g/mol. The van der Waals surface area contributed by atoms with E-state index in [9.17, 15) is 28.8 Å². The molecule has 0 radical (unpaired) electrons. The quantitative estimate of drug-likeness (QED) is 0.268. The zero-order chi connectivity index (χ0) is 31.1. The van der Waals surface area contributed by atoms with E-state index >= 15 is 0 Å². The minimum atomic E-state index is -1.25. The maximum absolute atomic E-state index is 13.3. The van der Waals surface area contributed by atoms with E-state index in [2.05, 4.69) is 33.2 Å². The minimum Gasteiger partial charge on any atom is -0.350 e. The van der Waals surface area contributed by atoms with Gasteiger partial charge in [0.25, 0.3) is 17.4 Å². The van der Waals surface area contributed by atoms with E-state index in [0.29, 0.717) is 11.8 Å². The SMILES string of the molecule is CCNC(=O)C(=O)CCC(NC(=O)c1cncn1C)C(=O)Nc1cccn(CC(=O)NC23CCCC(CC(C)C2)C3)c1=O. The lowest BCUT2D eigenvalue weighted by Crippen LogP contribution is -2.55. The van der Waals surface area contributed by atoms with Crippen molar-refractivity contribution in [2.75, 3.05) is 11.9 Å². The number of aryl methyl sites for hydroxylation is 1. The van der Waals surface area contributed by atoms with Gasteiger partial charge in [-0.3, -0.25) is 28.8 Å². The first kappa shape index (κ1) is 31.6. The molecule has 4 atom stereocenters.